The van der Waals surface area contributed by atoms with E-state index in [1.165, 1.54) is 6.92 Å². The van der Waals surface area contributed by atoms with E-state index in [-0.39, 0.29) is 11.8 Å². The van der Waals surface area contributed by atoms with Gasteiger partial charge in [0.1, 0.15) is 6.04 Å². The molecule has 6 nitrogen and oxygen atoms in total. The van der Waals surface area contributed by atoms with E-state index in [1.54, 1.807) is 0 Å². The van der Waals surface area contributed by atoms with Crippen LogP contribution < -0.4 is 22.1 Å². The fourth-order valence-corrected chi connectivity index (χ4v) is 1.33. The van der Waals surface area contributed by atoms with E-state index in [2.05, 4.69) is 10.6 Å². The summed E-state index contributed by atoms with van der Waals surface area (Å²) in [7, 11) is 0. The Kier molecular flexibility index (Phi) is 8.46. The molecule has 0 aliphatic carbocycles. The maximum atomic E-state index is 11.6. The number of carbonyl (C=O) groups excluding carboxylic acids is 2. The van der Waals surface area contributed by atoms with E-state index in [9.17, 15) is 9.59 Å². The van der Waals surface area contributed by atoms with Gasteiger partial charge in [-0.05, 0) is 25.8 Å². The van der Waals surface area contributed by atoms with Gasteiger partial charge in [0.2, 0.25) is 11.8 Å². The molecule has 16 heavy (non-hydrogen) atoms. The van der Waals surface area contributed by atoms with Gasteiger partial charge in [0.25, 0.3) is 0 Å². The first-order valence-corrected chi connectivity index (χ1v) is 5.56. The average Bonchev–Trinajstić information content (AvgIpc) is 2.24. The molecule has 0 spiro atoms. The number of hydrogen-bond acceptors (Lipinski definition) is 4. The number of rotatable bonds is 8. The molecule has 0 bridgehead atoms. The fourth-order valence-electron chi connectivity index (χ4n) is 1.33. The molecule has 0 aliphatic rings. The second-order valence-corrected chi connectivity index (χ2v) is 3.62. The molecule has 0 saturated carbocycles. The van der Waals surface area contributed by atoms with Crippen LogP contribution in [0.5, 0.6) is 0 Å². The number of nitrogens with two attached hydrogens (primary N) is 2. The van der Waals surface area contributed by atoms with Crippen LogP contribution in [0.25, 0.3) is 0 Å². The maximum Gasteiger partial charge on any atom is 0.242 e. The van der Waals surface area contributed by atoms with Crippen LogP contribution in [0.4, 0.5) is 0 Å². The lowest BCUT2D eigenvalue weighted by Gasteiger charge is -2.17. The van der Waals surface area contributed by atoms with E-state index in [1.807, 2.05) is 0 Å². The summed E-state index contributed by atoms with van der Waals surface area (Å²) in [6.45, 7) is 2.80. The molecule has 2 amide bonds. The molecule has 0 fully saturated rings. The Balaban J connectivity index is 4.06. The summed E-state index contributed by atoms with van der Waals surface area (Å²) < 4.78 is 0. The number of nitrogens with one attached hydrogen (secondary N) is 2. The van der Waals surface area contributed by atoms with Crippen molar-refractivity contribution in [2.24, 2.45) is 11.5 Å². The normalized spacial score (nSPS) is 11.9. The van der Waals surface area contributed by atoms with Gasteiger partial charge in [-0.25, -0.2) is 0 Å². The van der Waals surface area contributed by atoms with Crippen molar-refractivity contribution in [3.05, 3.63) is 0 Å². The zero-order valence-electron chi connectivity index (χ0n) is 9.79. The Bertz CT molecular complexity index is 221. The Morgan fingerprint density at radius 2 is 1.88 bits per heavy atom. The first kappa shape index (κ1) is 14.9. The van der Waals surface area contributed by atoms with Crippen molar-refractivity contribution in [3.63, 3.8) is 0 Å². The minimum absolute atomic E-state index is 0.183. The molecule has 0 aliphatic heterocycles. The molecule has 0 radical (unpaired) electrons. The SMILES string of the molecule is CC(=O)N[C@@H](CCCCN)C(=O)NCCN. The predicted octanol–water partition coefficient (Wildman–Crippen LogP) is -1.30. The summed E-state index contributed by atoms with van der Waals surface area (Å²) in [5, 5.41) is 5.27. The second-order valence-electron chi connectivity index (χ2n) is 3.62. The Morgan fingerprint density at radius 3 is 2.38 bits per heavy atom. The highest BCUT2D eigenvalue weighted by atomic mass is 16.2. The van der Waals surface area contributed by atoms with Crippen LogP contribution >= 0.6 is 0 Å². The first-order chi connectivity index (χ1) is 7.61. The van der Waals surface area contributed by atoms with E-state index in [0.29, 0.717) is 26.1 Å². The Labute approximate surface area is 96.1 Å². The molecule has 0 aromatic heterocycles. The molecule has 0 unspecified atom stereocenters. The molecule has 0 saturated heterocycles. The third-order valence-corrected chi connectivity index (χ3v) is 2.08. The van der Waals surface area contributed by atoms with Crippen LogP contribution in [0.1, 0.15) is 26.2 Å². The van der Waals surface area contributed by atoms with Crippen molar-refractivity contribution in [1.29, 1.82) is 0 Å². The first-order valence-electron chi connectivity index (χ1n) is 5.56. The van der Waals surface area contributed by atoms with Crippen LogP contribution in [0.3, 0.4) is 0 Å². The van der Waals surface area contributed by atoms with Crippen molar-refractivity contribution < 1.29 is 9.59 Å². The van der Waals surface area contributed by atoms with Crippen molar-refractivity contribution in [1.82, 2.24) is 10.6 Å². The Morgan fingerprint density at radius 1 is 1.19 bits per heavy atom. The highest BCUT2D eigenvalue weighted by Crippen LogP contribution is 2.00. The molecule has 0 aromatic rings. The molecular formula is C10H22N4O2. The van der Waals surface area contributed by atoms with E-state index in [4.69, 9.17) is 11.5 Å². The van der Waals surface area contributed by atoms with E-state index >= 15 is 0 Å². The number of amides is 2. The van der Waals surface area contributed by atoms with Gasteiger partial charge in [-0.2, -0.15) is 0 Å². The number of hydrogen-bond donors (Lipinski definition) is 4. The Hall–Kier alpha value is -1.14. The van der Waals surface area contributed by atoms with Crippen LogP contribution in [0, 0.1) is 0 Å². The van der Waals surface area contributed by atoms with Crippen LogP contribution in [-0.4, -0.2) is 37.5 Å². The lowest BCUT2D eigenvalue weighted by atomic mass is 10.1. The van der Waals surface area contributed by atoms with Gasteiger partial charge in [0.05, 0.1) is 0 Å². The highest BCUT2D eigenvalue weighted by molar-refractivity contribution is 5.86. The standard InChI is InChI=1S/C10H22N4O2/c1-8(15)14-9(4-2-3-5-11)10(16)13-7-6-12/h9H,2-7,11-12H2,1H3,(H,13,16)(H,14,15)/t9-/m0/s1. The van der Waals surface area contributed by atoms with Crippen molar-refractivity contribution in [3.8, 4) is 0 Å². The van der Waals surface area contributed by atoms with Crippen LogP contribution in [0.2, 0.25) is 0 Å². The molecule has 1 atom stereocenters. The largest absolute Gasteiger partial charge is 0.353 e. The van der Waals surface area contributed by atoms with Crippen LogP contribution in [0.15, 0.2) is 0 Å². The quantitative estimate of drug-likeness (QED) is 0.388. The minimum Gasteiger partial charge on any atom is -0.353 e. The molecular weight excluding hydrogens is 208 g/mol. The van der Waals surface area contributed by atoms with Gasteiger partial charge in [-0.15, -0.1) is 0 Å². The molecule has 94 valence electrons. The number of unbranched alkanes of at least 4 members (excludes halogenated alkanes) is 1. The topological polar surface area (TPSA) is 110 Å². The average molecular weight is 230 g/mol. The minimum atomic E-state index is -0.476. The van der Waals surface area contributed by atoms with Gasteiger partial charge < -0.3 is 22.1 Å². The molecule has 0 rings (SSSR count). The lowest BCUT2D eigenvalue weighted by molar-refractivity contribution is -0.128. The zero-order valence-corrected chi connectivity index (χ0v) is 9.79. The van der Waals surface area contributed by atoms with Gasteiger partial charge in [0, 0.05) is 20.0 Å². The third-order valence-electron chi connectivity index (χ3n) is 2.08. The summed E-state index contributed by atoms with van der Waals surface area (Å²) in [6, 6.07) is -0.476. The second kappa shape index (κ2) is 9.11. The smallest absolute Gasteiger partial charge is 0.242 e. The van der Waals surface area contributed by atoms with Crippen molar-refractivity contribution >= 4 is 11.8 Å². The van der Waals surface area contributed by atoms with Gasteiger partial charge in [-0.3, -0.25) is 9.59 Å². The van der Waals surface area contributed by atoms with Gasteiger partial charge in [-0.1, -0.05) is 0 Å². The summed E-state index contributed by atoms with van der Waals surface area (Å²) in [6.07, 6.45) is 2.27. The monoisotopic (exact) mass is 230 g/mol. The molecule has 0 heterocycles. The van der Waals surface area contributed by atoms with E-state index in [0.717, 1.165) is 12.8 Å². The predicted molar refractivity (Wildman–Crippen MR) is 62.6 cm³/mol. The fraction of sp³-hybridized carbons (Fsp3) is 0.800. The van der Waals surface area contributed by atoms with Gasteiger partial charge >= 0.3 is 0 Å². The summed E-state index contributed by atoms with van der Waals surface area (Å²) in [4.78, 5) is 22.5. The van der Waals surface area contributed by atoms with Crippen molar-refractivity contribution in [2.45, 2.75) is 32.2 Å². The molecule has 6 N–H and O–H groups in total. The zero-order chi connectivity index (χ0) is 12.4. The van der Waals surface area contributed by atoms with E-state index < -0.39 is 6.04 Å². The van der Waals surface area contributed by atoms with Crippen molar-refractivity contribution in [2.75, 3.05) is 19.6 Å². The maximum absolute atomic E-state index is 11.6. The number of carbonyl (C=O) groups is 2. The lowest BCUT2D eigenvalue weighted by Crippen LogP contribution is -2.47. The summed E-state index contributed by atoms with van der Waals surface area (Å²) in [5.41, 5.74) is 10.6. The highest BCUT2D eigenvalue weighted by Gasteiger charge is 2.17. The third kappa shape index (κ3) is 7.19. The summed E-state index contributed by atoms with van der Waals surface area (Å²) in [5.74, 6) is -0.390. The molecule has 6 heteroatoms. The summed E-state index contributed by atoms with van der Waals surface area (Å²) >= 11 is 0. The van der Waals surface area contributed by atoms with Crippen LogP contribution in [-0.2, 0) is 9.59 Å². The molecule has 0 aromatic carbocycles. The van der Waals surface area contributed by atoms with Gasteiger partial charge in [0.15, 0.2) is 0 Å².